The Bertz CT molecular complexity index is 555. The second kappa shape index (κ2) is 5.67. The molecule has 2 rings (SSSR count). The van der Waals surface area contributed by atoms with E-state index >= 15 is 0 Å². The highest BCUT2D eigenvalue weighted by atomic mass is 127. The maximum absolute atomic E-state index is 13.7. The quantitative estimate of drug-likeness (QED) is 0.831. The first kappa shape index (κ1) is 13.3. The molecule has 2 nitrogen and oxygen atoms in total. The van der Waals surface area contributed by atoms with Gasteiger partial charge in [0.2, 0.25) is 0 Å². The Hall–Kier alpha value is -1.14. The summed E-state index contributed by atoms with van der Waals surface area (Å²) in [4.78, 5) is 0. The summed E-state index contributed by atoms with van der Waals surface area (Å²) < 4.78 is 20.3. The maximum Gasteiger partial charge on any atom is 0.140 e. The third kappa shape index (κ3) is 2.81. The van der Waals surface area contributed by atoms with E-state index in [0.717, 1.165) is 3.57 Å². The van der Waals surface area contributed by atoms with Crippen LogP contribution in [0.25, 0.3) is 0 Å². The van der Waals surface area contributed by atoms with Gasteiger partial charge >= 0.3 is 0 Å². The molecule has 0 aromatic heterocycles. The van der Waals surface area contributed by atoms with Gasteiger partial charge in [0.15, 0.2) is 0 Å². The third-order valence-electron chi connectivity index (χ3n) is 2.49. The van der Waals surface area contributed by atoms with E-state index in [1.165, 1.54) is 13.0 Å². The largest absolute Gasteiger partial charge is 0.456 e. The van der Waals surface area contributed by atoms with Crippen molar-refractivity contribution in [1.29, 1.82) is 0 Å². The summed E-state index contributed by atoms with van der Waals surface area (Å²) in [5.41, 5.74) is 0.178. The van der Waals surface area contributed by atoms with Crippen molar-refractivity contribution in [3.05, 3.63) is 57.4 Å². The fourth-order valence-corrected chi connectivity index (χ4v) is 2.16. The van der Waals surface area contributed by atoms with Crippen molar-refractivity contribution >= 4 is 22.6 Å². The lowest BCUT2D eigenvalue weighted by atomic mass is 10.1. The Balaban J connectivity index is 2.41. The fraction of sp³-hybridized carbons (Fsp3) is 0.143. The lowest BCUT2D eigenvalue weighted by Crippen LogP contribution is -2.00. The van der Waals surface area contributed by atoms with Gasteiger partial charge in [0.25, 0.3) is 0 Å². The Labute approximate surface area is 119 Å². The van der Waals surface area contributed by atoms with Crippen LogP contribution in [0.15, 0.2) is 42.5 Å². The van der Waals surface area contributed by atoms with E-state index < -0.39 is 11.9 Å². The molecule has 0 amide bonds. The van der Waals surface area contributed by atoms with E-state index in [9.17, 15) is 9.50 Å². The maximum atomic E-state index is 13.7. The molecule has 0 heterocycles. The predicted molar refractivity (Wildman–Crippen MR) is 76.3 cm³/mol. The third-order valence-corrected chi connectivity index (χ3v) is 3.38. The highest BCUT2D eigenvalue weighted by Crippen LogP contribution is 2.33. The standard InChI is InChI=1S/C14H12FIO2/c1-9(17)14-10(15)5-4-8-13(14)18-12-7-3-2-6-11(12)16/h2-9,17H,1H3/t9-/m0/s1. The van der Waals surface area contributed by atoms with Crippen LogP contribution in [0, 0.1) is 9.39 Å². The Morgan fingerprint density at radius 1 is 1.11 bits per heavy atom. The van der Waals surface area contributed by atoms with Crippen LogP contribution in [0.2, 0.25) is 0 Å². The van der Waals surface area contributed by atoms with Gasteiger partial charge < -0.3 is 9.84 Å². The average Bonchev–Trinajstić information content (AvgIpc) is 2.31. The van der Waals surface area contributed by atoms with E-state index in [4.69, 9.17) is 4.74 Å². The topological polar surface area (TPSA) is 29.5 Å². The molecule has 0 fully saturated rings. The summed E-state index contributed by atoms with van der Waals surface area (Å²) in [5, 5.41) is 9.61. The second-order valence-corrected chi connectivity index (χ2v) is 5.02. The molecule has 1 atom stereocenters. The molecule has 0 aliphatic rings. The van der Waals surface area contributed by atoms with Gasteiger partial charge in [-0.05, 0) is 53.8 Å². The number of hydrogen-bond acceptors (Lipinski definition) is 2. The molecule has 4 heteroatoms. The molecule has 1 N–H and O–H groups in total. The summed E-state index contributed by atoms with van der Waals surface area (Å²) >= 11 is 2.14. The van der Waals surface area contributed by atoms with Crippen molar-refractivity contribution in [1.82, 2.24) is 0 Å². The minimum absolute atomic E-state index is 0.178. The molecular weight excluding hydrogens is 346 g/mol. The second-order valence-electron chi connectivity index (χ2n) is 3.86. The first-order valence-corrected chi connectivity index (χ1v) is 6.56. The van der Waals surface area contributed by atoms with Crippen LogP contribution in [0.1, 0.15) is 18.6 Å². The van der Waals surface area contributed by atoms with Crippen LogP contribution in [-0.4, -0.2) is 5.11 Å². The first-order valence-electron chi connectivity index (χ1n) is 5.48. The molecule has 0 unspecified atom stereocenters. The molecule has 0 saturated heterocycles. The molecular formula is C14H12FIO2. The van der Waals surface area contributed by atoms with Crippen LogP contribution in [0.3, 0.4) is 0 Å². The number of rotatable bonds is 3. The summed E-state index contributed by atoms with van der Waals surface area (Å²) in [6, 6.07) is 12.0. The van der Waals surface area contributed by atoms with Crippen LogP contribution in [0.5, 0.6) is 11.5 Å². The highest BCUT2D eigenvalue weighted by molar-refractivity contribution is 14.1. The lowest BCUT2D eigenvalue weighted by molar-refractivity contribution is 0.190. The predicted octanol–water partition coefficient (Wildman–Crippen LogP) is 4.28. The van der Waals surface area contributed by atoms with Gasteiger partial charge in [0, 0.05) is 0 Å². The van der Waals surface area contributed by atoms with Gasteiger partial charge in [-0.15, -0.1) is 0 Å². The van der Waals surface area contributed by atoms with Crippen molar-refractivity contribution in [2.75, 3.05) is 0 Å². The molecule has 18 heavy (non-hydrogen) atoms. The smallest absolute Gasteiger partial charge is 0.140 e. The van der Waals surface area contributed by atoms with Crippen molar-refractivity contribution in [2.45, 2.75) is 13.0 Å². The summed E-state index contributed by atoms with van der Waals surface area (Å²) in [7, 11) is 0. The van der Waals surface area contributed by atoms with Gasteiger partial charge in [-0.2, -0.15) is 0 Å². The molecule has 94 valence electrons. The zero-order chi connectivity index (χ0) is 13.1. The van der Waals surface area contributed by atoms with E-state index in [1.54, 1.807) is 18.2 Å². The van der Waals surface area contributed by atoms with E-state index in [0.29, 0.717) is 11.5 Å². The summed E-state index contributed by atoms with van der Waals surface area (Å²) in [5.74, 6) is 0.521. The van der Waals surface area contributed by atoms with Crippen LogP contribution in [0.4, 0.5) is 4.39 Å². The Morgan fingerprint density at radius 2 is 1.78 bits per heavy atom. The molecule has 2 aromatic rings. The Kier molecular flexibility index (Phi) is 4.19. The molecule has 0 aliphatic heterocycles. The fourth-order valence-electron chi connectivity index (χ4n) is 1.66. The molecule has 0 bridgehead atoms. The van der Waals surface area contributed by atoms with Crippen molar-refractivity contribution in [3.63, 3.8) is 0 Å². The molecule has 2 aromatic carbocycles. The zero-order valence-electron chi connectivity index (χ0n) is 9.73. The van der Waals surface area contributed by atoms with Crippen molar-refractivity contribution in [3.8, 4) is 11.5 Å². The van der Waals surface area contributed by atoms with Gasteiger partial charge in [0.05, 0.1) is 15.2 Å². The van der Waals surface area contributed by atoms with Crippen LogP contribution >= 0.6 is 22.6 Å². The molecule has 0 radical (unpaired) electrons. The Morgan fingerprint density at radius 3 is 2.44 bits per heavy atom. The number of aliphatic hydroxyl groups excluding tert-OH is 1. The number of aliphatic hydroxyl groups is 1. The van der Waals surface area contributed by atoms with Crippen molar-refractivity contribution in [2.24, 2.45) is 0 Å². The van der Waals surface area contributed by atoms with Gasteiger partial charge in [-0.3, -0.25) is 0 Å². The number of para-hydroxylation sites is 1. The number of hydrogen-bond donors (Lipinski definition) is 1. The zero-order valence-corrected chi connectivity index (χ0v) is 11.9. The lowest BCUT2D eigenvalue weighted by Gasteiger charge is -2.14. The van der Waals surface area contributed by atoms with Crippen LogP contribution in [-0.2, 0) is 0 Å². The summed E-state index contributed by atoms with van der Waals surface area (Å²) in [6.07, 6.45) is -0.914. The van der Waals surface area contributed by atoms with E-state index in [1.807, 2.05) is 18.2 Å². The minimum atomic E-state index is -0.914. The minimum Gasteiger partial charge on any atom is -0.456 e. The monoisotopic (exact) mass is 358 g/mol. The number of ether oxygens (including phenoxy) is 1. The number of benzene rings is 2. The highest BCUT2D eigenvalue weighted by Gasteiger charge is 2.15. The normalized spacial score (nSPS) is 12.2. The van der Waals surface area contributed by atoms with Gasteiger partial charge in [0.1, 0.15) is 17.3 Å². The van der Waals surface area contributed by atoms with Crippen molar-refractivity contribution < 1.29 is 14.2 Å². The average molecular weight is 358 g/mol. The van der Waals surface area contributed by atoms with E-state index in [-0.39, 0.29) is 5.56 Å². The molecule has 0 aliphatic carbocycles. The SMILES string of the molecule is C[C@H](O)c1c(F)cccc1Oc1ccccc1I. The molecule has 0 saturated carbocycles. The number of halogens is 2. The van der Waals surface area contributed by atoms with E-state index in [2.05, 4.69) is 22.6 Å². The first-order chi connectivity index (χ1) is 8.59. The molecule has 0 spiro atoms. The van der Waals surface area contributed by atoms with Crippen LogP contribution < -0.4 is 4.74 Å². The van der Waals surface area contributed by atoms with Gasteiger partial charge in [-0.25, -0.2) is 4.39 Å². The van der Waals surface area contributed by atoms with Gasteiger partial charge in [-0.1, -0.05) is 18.2 Å². The summed E-state index contributed by atoms with van der Waals surface area (Å²) in [6.45, 7) is 1.52.